The lowest BCUT2D eigenvalue weighted by atomic mass is 9.95. The number of thioether (sulfide) groups is 1. The number of rotatable bonds is 3. The maximum Gasteiger partial charge on any atom is 0.261 e. The molecule has 2 aliphatic rings. The third kappa shape index (κ3) is 2.23. The highest BCUT2D eigenvalue weighted by atomic mass is 32.2. The highest BCUT2D eigenvalue weighted by Crippen LogP contribution is 2.29. The fourth-order valence-corrected chi connectivity index (χ4v) is 4.22. The Hall–Kier alpha value is -0.520. The van der Waals surface area contributed by atoms with Crippen molar-refractivity contribution >= 4 is 29.0 Å². The van der Waals surface area contributed by atoms with E-state index in [1.807, 2.05) is 18.4 Å². The zero-order chi connectivity index (χ0) is 11.8. The number of hydrogen-bond donors (Lipinski definition) is 2. The van der Waals surface area contributed by atoms with E-state index in [1.54, 1.807) is 23.1 Å². The minimum Gasteiger partial charge on any atom is -0.347 e. The lowest BCUT2D eigenvalue weighted by Crippen LogP contribution is -2.42. The van der Waals surface area contributed by atoms with Crippen molar-refractivity contribution in [3.63, 3.8) is 0 Å². The molecule has 0 spiro atoms. The summed E-state index contributed by atoms with van der Waals surface area (Å²) in [6, 6.07) is 5.41. The molecule has 1 aromatic heterocycles. The van der Waals surface area contributed by atoms with Gasteiger partial charge in [-0.3, -0.25) is 4.79 Å². The third-order valence-electron chi connectivity index (χ3n) is 3.62. The summed E-state index contributed by atoms with van der Waals surface area (Å²) in [6.45, 7) is 0. The first kappa shape index (κ1) is 11.6. The van der Waals surface area contributed by atoms with Crippen molar-refractivity contribution in [2.24, 2.45) is 0 Å². The van der Waals surface area contributed by atoms with Gasteiger partial charge in [0.2, 0.25) is 0 Å². The van der Waals surface area contributed by atoms with Gasteiger partial charge >= 0.3 is 0 Å². The standard InChI is InChI=1S/C12H16N2OS2/c1-16-11-5-4-10(17-11)12(15)14-9-6-7-2-3-8(9)13-7/h4-5,7-9,13H,2-3,6H2,1H3,(H,14,15)/t7-,8+,9-/m1/s1. The molecule has 0 saturated carbocycles. The number of fused-ring (bicyclic) bond motifs is 2. The first-order chi connectivity index (χ1) is 8.26. The first-order valence-electron chi connectivity index (χ1n) is 5.97. The second-order valence-electron chi connectivity index (χ2n) is 4.69. The molecule has 1 aromatic rings. The molecule has 17 heavy (non-hydrogen) atoms. The number of thiophene rings is 1. The van der Waals surface area contributed by atoms with Gasteiger partial charge in [0.1, 0.15) is 0 Å². The van der Waals surface area contributed by atoms with Crippen LogP contribution < -0.4 is 10.6 Å². The highest BCUT2D eigenvalue weighted by Gasteiger charge is 2.39. The molecule has 0 radical (unpaired) electrons. The van der Waals surface area contributed by atoms with Crippen LogP contribution in [0.15, 0.2) is 16.3 Å². The van der Waals surface area contributed by atoms with Gasteiger partial charge in [-0.1, -0.05) is 0 Å². The fourth-order valence-electron chi connectivity index (χ4n) is 2.78. The molecule has 2 aliphatic heterocycles. The second kappa shape index (κ2) is 4.63. The molecule has 3 nitrogen and oxygen atoms in total. The van der Waals surface area contributed by atoms with Crippen LogP contribution in [0.1, 0.15) is 28.9 Å². The largest absolute Gasteiger partial charge is 0.347 e. The highest BCUT2D eigenvalue weighted by molar-refractivity contribution is 8.00. The van der Waals surface area contributed by atoms with Gasteiger partial charge in [0, 0.05) is 18.1 Å². The van der Waals surface area contributed by atoms with Crippen molar-refractivity contribution in [3.8, 4) is 0 Å². The number of amides is 1. The van der Waals surface area contributed by atoms with E-state index in [-0.39, 0.29) is 5.91 Å². The predicted octanol–water partition coefficient (Wildman–Crippen LogP) is 2.09. The smallest absolute Gasteiger partial charge is 0.261 e. The Balaban J connectivity index is 1.63. The Labute approximate surface area is 109 Å². The molecule has 0 aliphatic carbocycles. The monoisotopic (exact) mass is 268 g/mol. The van der Waals surface area contributed by atoms with Crippen molar-refractivity contribution in [3.05, 3.63) is 17.0 Å². The maximum atomic E-state index is 12.1. The van der Waals surface area contributed by atoms with Gasteiger partial charge in [-0.05, 0) is 37.7 Å². The van der Waals surface area contributed by atoms with Crippen molar-refractivity contribution in [2.75, 3.05) is 6.26 Å². The van der Waals surface area contributed by atoms with Gasteiger partial charge in [-0.25, -0.2) is 0 Å². The van der Waals surface area contributed by atoms with Crippen LogP contribution in [-0.2, 0) is 0 Å². The molecule has 3 heterocycles. The van der Waals surface area contributed by atoms with Crippen LogP contribution in [0.2, 0.25) is 0 Å². The molecule has 2 N–H and O–H groups in total. The van der Waals surface area contributed by atoms with Gasteiger partial charge in [0.15, 0.2) is 0 Å². The van der Waals surface area contributed by atoms with Crippen LogP contribution in [0.3, 0.4) is 0 Å². The average molecular weight is 268 g/mol. The summed E-state index contributed by atoms with van der Waals surface area (Å²) in [5.41, 5.74) is 0. The molecule has 5 heteroatoms. The summed E-state index contributed by atoms with van der Waals surface area (Å²) in [5, 5.41) is 6.70. The Morgan fingerprint density at radius 3 is 3.00 bits per heavy atom. The van der Waals surface area contributed by atoms with E-state index in [9.17, 15) is 4.79 Å². The quantitative estimate of drug-likeness (QED) is 0.825. The molecule has 3 rings (SSSR count). The lowest BCUT2D eigenvalue weighted by molar-refractivity contribution is 0.0935. The molecular weight excluding hydrogens is 252 g/mol. The van der Waals surface area contributed by atoms with E-state index in [0.717, 1.165) is 11.3 Å². The number of nitrogens with one attached hydrogen (secondary N) is 2. The van der Waals surface area contributed by atoms with Gasteiger partial charge < -0.3 is 10.6 Å². The SMILES string of the molecule is CSc1ccc(C(=O)N[C@@H]2C[C@H]3CC[C@@H]2N3)s1. The Morgan fingerprint density at radius 1 is 1.53 bits per heavy atom. The normalized spacial score (nSPS) is 30.8. The minimum atomic E-state index is 0.0923. The van der Waals surface area contributed by atoms with Crippen molar-refractivity contribution in [2.45, 2.75) is 41.6 Å². The van der Waals surface area contributed by atoms with E-state index < -0.39 is 0 Å². The number of carbonyl (C=O) groups excluding carboxylic acids is 1. The number of carbonyl (C=O) groups is 1. The molecule has 0 aromatic carbocycles. The van der Waals surface area contributed by atoms with Crippen molar-refractivity contribution < 1.29 is 4.79 Å². The van der Waals surface area contributed by atoms with Crippen LogP contribution in [0.5, 0.6) is 0 Å². The zero-order valence-corrected chi connectivity index (χ0v) is 11.4. The average Bonchev–Trinajstić information content (AvgIpc) is 3.04. The summed E-state index contributed by atoms with van der Waals surface area (Å²) in [4.78, 5) is 12.9. The molecule has 2 bridgehead atoms. The van der Waals surface area contributed by atoms with Crippen molar-refractivity contribution in [1.29, 1.82) is 0 Å². The molecule has 3 atom stereocenters. The fraction of sp³-hybridized carbons (Fsp3) is 0.583. The molecule has 2 fully saturated rings. The summed E-state index contributed by atoms with van der Waals surface area (Å²) >= 11 is 3.26. The topological polar surface area (TPSA) is 41.1 Å². The maximum absolute atomic E-state index is 12.1. The van der Waals surface area contributed by atoms with Gasteiger partial charge in [0.05, 0.1) is 9.09 Å². The van der Waals surface area contributed by atoms with E-state index >= 15 is 0 Å². The molecule has 0 unspecified atom stereocenters. The molecule has 92 valence electrons. The van der Waals surface area contributed by atoms with Crippen LogP contribution >= 0.6 is 23.1 Å². The summed E-state index contributed by atoms with van der Waals surface area (Å²) in [6.07, 6.45) is 5.60. The number of hydrogen-bond acceptors (Lipinski definition) is 4. The lowest BCUT2D eigenvalue weighted by Gasteiger charge is -2.20. The Morgan fingerprint density at radius 2 is 2.41 bits per heavy atom. The van der Waals surface area contributed by atoms with Crippen LogP contribution in [0.25, 0.3) is 0 Å². The van der Waals surface area contributed by atoms with Crippen LogP contribution in [0.4, 0.5) is 0 Å². The van der Waals surface area contributed by atoms with Gasteiger partial charge in [0.25, 0.3) is 5.91 Å². The first-order valence-corrected chi connectivity index (χ1v) is 8.01. The van der Waals surface area contributed by atoms with E-state index in [2.05, 4.69) is 10.6 Å². The molecular formula is C12H16N2OS2. The van der Waals surface area contributed by atoms with E-state index in [4.69, 9.17) is 0 Å². The van der Waals surface area contributed by atoms with Gasteiger partial charge in [-0.2, -0.15) is 0 Å². The Bertz CT molecular complexity index is 432. The molecule has 1 amide bonds. The molecule has 2 saturated heterocycles. The summed E-state index contributed by atoms with van der Waals surface area (Å²) in [5.74, 6) is 0.0923. The van der Waals surface area contributed by atoms with Crippen LogP contribution in [0, 0.1) is 0 Å². The second-order valence-corrected chi connectivity index (χ2v) is 6.88. The van der Waals surface area contributed by atoms with E-state index in [0.29, 0.717) is 18.1 Å². The summed E-state index contributed by atoms with van der Waals surface area (Å²) in [7, 11) is 0. The predicted molar refractivity (Wildman–Crippen MR) is 71.9 cm³/mol. The van der Waals surface area contributed by atoms with E-state index in [1.165, 1.54) is 17.1 Å². The summed E-state index contributed by atoms with van der Waals surface area (Å²) < 4.78 is 1.20. The van der Waals surface area contributed by atoms with Crippen molar-refractivity contribution in [1.82, 2.24) is 10.6 Å². The third-order valence-corrected chi connectivity index (χ3v) is 5.79. The van der Waals surface area contributed by atoms with Crippen LogP contribution in [-0.4, -0.2) is 30.3 Å². The van der Waals surface area contributed by atoms with Gasteiger partial charge in [-0.15, -0.1) is 23.1 Å². The Kier molecular flexibility index (Phi) is 3.15. The zero-order valence-electron chi connectivity index (χ0n) is 9.73. The minimum absolute atomic E-state index is 0.0923.